The van der Waals surface area contributed by atoms with Crippen molar-refractivity contribution in [3.8, 4) is 17.6 Å². The fourth-order valence-corrected chi connectivity index (χ4v) is 3.06. The van der Waals surface area contributed by atoms with E-state index in [2.05, 4.69) is 18.0 Å². The Morgan fingerprint density at radius 2 is 2.09 bits per heavy atom. The standard InChI is InChI=1S/C18H26N2O3/c1-20(13-15-5-3-4-6-16(15)21)9-10-23-17-8-7-14(12-19)11-18(17)22-2/h7-8,11,15-16,21H,3-6,9-10,13H2,1-2H3. The lowest BCUT2D eigenvalue weighted by Gasteiger charge is -2.31. The minimum atomic E-state index is -0.161. The summed E-state index contributed by atoms with van der Waals surface area (Å²) in [6.45, 7) is 2.23. The number of nitrogens with zero attached hydrogens (tertiary/aromatic N) is 2. The van der Waals surface area contributed by atoms with Gasteiger partial charge in [-0.15, -0.1) is 0 Å². The SMILES string of the molecule is COc1cc(C#N)ccc1OCCN(C)CC1CCCCC1O. The smallest absolute Gasteiger partial charge is 0.162 e. The summed E-state index contributed by atoms with van der Waals surface area (Å²) >= 11 is 0. The van der Waals surface area contributed by atoms with Crippen molar-refractivity contribution < 1.29 is 14.6 Å². The van der Waals surface area contributed by atoms with Crippen LogP contribution in [0.5, 0.6) is 11.5 Å². The largest absolute Gasteiger partial charge is 0.493 e. The molecule has 5 nitrogen and oxygen atoms in total. The summed E-state index contributed by atoms with van der Waals surface area (Å²) in [5.74, 6) is 1.60. The van der Waals surface area contributed by atoms with Crippen molar-refractivity contribution in [2.45, 2.75) is 31.8 Å². The van der Waals surface area contributed by atoms with Gasteiger partial charge in [0.1, 0.15) is 6.61 Å². The van der Waals surface area contributed by atoms with Gasteiger partial charge in [0, 0.05) is 19.2 Å². The molecule has 1 aliphatic rings. The van der Waals surface area contributed by atoms with E-state index < -0.39 is 0 Å². The summed E-state index contributed by atoms with van der Waals surface area (Å²) < 4.78 is 11.0. The molecule has 1 aliphatic carbocycles. The highest BCUT2D eigenvalue weighted by Gasteiger charge is 2.23. The maximum atomic E-state index is 10.0. The van der Waals surface area contributed by atoms with Crippen LogP contribution in [0.4, 0.5) is 0 Å². The summed E-state index contributed by atoms with van der Waals surface area (Å²) in [6.07, 6.45) is 4.23. The van der Waals surface area contributed by atoms with Crippen molar-refractivity contribution in [1.82, 2.24) is 4.90 Å². The van der Waals surface area contributed by atoms with Crippen LogP contribution in [0.25, 0.3) is 0 Å². The predicted octanol–water partition coefficient (Wildman–Crippen LogP) is 2.43. The van der Waals surface area contributed by atoms with Crippen LogP contribution in [0.15, 0.2) is 18.2 Å². The molecular weight excluding hydrogens is 292 g/mol. The third kappa shape index (κ3) is 5.12. The molecule has 0 spiro atoms. The molecule has 1 aromatic carbocycles. The third-order valence-electron chi connectivity index (χ3n) is 4.44. The molecule has 126 valence electrons. The molecule has 1 saturated carbocycles. The molecule has 5 heteroatoms. The van der Waals surface area contributed by atoms with Gasteiger partial charge in [0.25, 0.3) is 0 Å². The van der Waals surface area contributed by atoms with Gasteiger partial charge in [-0.25, -0.2) is 0 Å². The van der Waals surface area contributed by atoms with E-state index in [1.165, 1.54) is 6.42 Å². The molecule has 0 aliphatic heterocycles. The Hall–Kier alpha value is -1.77. The van der Waals surface area contributed by atoms with E-state index in [9.17, 15) is 5.11 Å². The second-order valence-electron chi connectivity index (χ2n) is 6.20. The molecule has 2 atom stereocenters. The molecule has 2 unspecified atom stereocenters. The Morgan fingerprint density at radius 3 is 2.78 bits per heavy atom. The van der Waals surface area contributed by atoms with Crippen LogP contribution >= 0.6 is 0 Å². The van der Waals surface area contributed by atoms with Gasteiger partial charge in [-0.1, -0.05) is 12.8 Å². The average molecular weight is 318 g/mol. The third-order valence-corrected chi connectivity index (χ3v) is 4.44. The van der Waals surface area contributed by atoms with Gasteiger partial charge in [0.15, 0.2) is 11.5 Å². The van der Waals surface area contributed by atoms with Gasteiger partial charge in [-0.2, -0.15) is 5.26 Å². The minimum absolute atomic E-state index is 0.161. The Kier molecular flexibility index (Phi) is 6.69. The van der Waals surface area contributed by atoms with Gasteiger partial charge >= 0.3 is 0 Å². The van der Waals surface area contributed by atoms with Gasteiger partial charge < -0.3 is 19.5 Å². The van der Waals surface area contributed by atoms with Crippen LogP contribution in [0.2, 0.25) is 0 Å². The van der Waals surface area contributed by atoms with Crippen molar-refractivity contribution in [2.24, 2.45) is 5.92 Å². The Morgan fingerprint density at radius 1 is 1.30 bits per heavy atom. The highest BCUT2D eigenvalue weighted by molar-refractivity contribution is 5.46. The fraction of sp³-hybridized carbons (Fsp3) is 0.611. The number of benzene rings is 1. The van der Waals surface area contributed by atoms with E-state index in [0.29, 0.717) is 29.6 Å². The van der Waals surface area contributed by atoms with E-state index in [1.54, 1.807) is 25.3 Å². The van der Waals surface area contributed by atoms with Crippen LogP contribution in [0.1, 0.15) is 31.2 Å². The molecule has 23 heavy (non-hydrogen) atoms. The summed E-state index contributed by atoms with van der Waals surface area (Å²) in [4.78, 5) is 2.20. The minimum Gasteiger partial charge on any atom is -0.493 e. The van der Waals surface area contributed by atoms with Crippen molar-refractivity contribution in [2.75, 3.05) is 33.9 Å². The quantitative estimate of drug-likeness (QED) is 0.836. The number of methoxy groups -OCH3 is 1. The number of rotatable bonds is 7. The molecule has 0 radical (unpaired) electrons. The first-order valence-corrected chi connectivity index (χ1v) is 8.21. The van der Waals surface area contributed by atoms with Crippen molar-refractivity contribution in [1.29, 1.82) is 5.26 Å². The van der Waals surface area contributed by atoms with Crippen LogP contribution in [0.3, 0.4) is 0 Å². The molecule has 0 heterocycles. The zero-order chi connectivity index (χ0) is 16.7. The fourth-order valence-electron chi connectivity index (χ4n) is 3.06. The van der Waals surface area contributed by atoms with Crippen molar-refractivity contribution in [3.63, 3.8) is 0 Å². The number of aliphatic hydroxyl groups is 1. The second kappa shape index (κ2) is 8.76. The molecule has 0 saturated heterocycles. The van der Waals surface area contributed by atoms with E-state index >= 15 is 0 Å². The van der Waals surface area contributed by atoms with Crippen LogP contribution in [0, 0.1) is 17.2 Å². The molecular formula is C18H26N2O3. The zero-order valence-corrected chi connectivity index (χ0v) is 14.0. The van der Waals surface area contributed by atoms with Crippen molar-refractivity contribution >= 4 is 0 Å². The maximum Gasteiger partial charge on any atom is 0.162 e. The maximum absolute atomic E-state index is 10.0. The average Bonchev–Trinajstić information content (AvgIpc) is 2.57. The summed E-state index contributed by atoms with van der Waals surface area (Å²) in [6, 6.07) is 7.25. The lowest BCUT2D eigenvalue weighted by atomic mass is 9.86. The number of aliphatic hydroxyl groups excluding tert-OH is 1. The van der Waals surface area contributed by atoms with Crippen LogP contribution in [-0.4, -0.2) is 50.0 Å². The van der Waals surface area contributed by atoms with E-state index in [4.69, 9.17) is 14.7 Å². The molecule has 0 amide bonds. The van der Waals surface area contributed by atoms with E-state index in [1.807, 2.05) is 0 Å². The van der Waals surface area contributed by atoms with E-state index in [-0.39, 0.29) is 6.10 Å². The summed E-state index contributed by atoms with van der Waals surface area (Å²) in [5, 5.41) is 18.9. The highest BCUT2D eigenvalue weighted by Crippen LogP contribution is 2.28. The predicted molar refractivity (Wildman–Crippen MR) is 88.7 cm³/mol. The first-order valence-electron chi connectivity index (χ1n) is 8.21. The first-order chi connectivity index (χ1) is 11.1. The Bertz CT molecular complexity index is 542. The number of ether oxygens (including phenoxy) is 2. The molecule has 0 aromatic heterocycles. The lowest BCUT2D eigenvalue weighted by Crippen LogP contribution is -2.36. The Balaban J connectivity index is 1.79. The van der Waals surface area contributed by atoms with Gasteiger partial charge in [-0.05, 0) is 37.9 Å². The van der Waals surface area contributed by atoms with Crippen LogP contribution < -0.4 is 9.47 Å². The number of hydrogen-bond acceptors (Lipinski definition) is 5. The molecule has 1 fully saturated rings. The molecule has 1 N–H and O–H groups in total. The first kappa shape index (κ1) is 17.6. The Labute approximate surface area is 138 Å². The normalized spacial score (nSPS) is 21.0. The lowest BCUT2D eigenvalue weighted by molar-refractivity contribution is 0.0491. The molecule has 2 rings (SSSR count). The number of hydrogen-bond donors (Lipinski definition) is 1. The molecule has 0 bridgehead atoms. The highest BCUT2D eigenvalue weighted by atomic mass is 16.5. The number of nitriles is 1. The van der Waals surface area contributed by atoms with Gasteiger partial charge in [0.05, 0.1) is 24.8 Å². The van der Waals surface area contributed by atoms with Crippen molar-refractivity contribution in [3.05, 3.63) is 23.8 Å². The zero-order valence-electron chi connectivity index (χ0n) is 14.0. The van der Waals surface area contributed by atoms with Gasteiger partial charge in [0.2, 0.25) is 0 Å². The summed E-state index contributed by atoms with van der Waals surface area (Å²) in [7, 11) is 3.63. The molecule has 1 aromatic rings. The van der Waals surface area contributed by atoms with Crippen LogP contribution in [-0.2, 0) is 0 Å². The summed E-state index contributed by atoms with van der Waals surface area (Å²) in [5.41, 5.74) is 0.553. The van der Waals surface area contributed by atoms with Gasteiger partial charge in [-0.3, -0.25) is 0 Å². The van der Waals surface area contributed by atoms with E-state index in [0.717, 1.165) is 32.4 Å². The monoisotopic (exact) mass is 318 g/mol. The topological polar surface area (TPSA) is 65.7 Å². The number of likely N-dealkylation sites (N-methyl/N-ethyl adjacent to an activating group) is 1. The second-order valence-corrected chi connectivity index (χ2v) is 6.20.